The molecule has 1 unspecified atom stereocenters. The number of allylic oxidation sites excluding steroid dienone is 2. The molecule has 6 rings (SSSR count). The maximum atomic E-state index is 13.8. The molecule has 1 aromatic heterocycles. The lowest BCUT2D eigenvalue weighted by molar-refractivity contribution is -0.115. The number of hydrogen-bond donors (Lipinski definition) is 1. The smallest absolute Gasteiger partial charge is 0.155 e. The molecule has 0 saturated carbocycles. The van der Waals surface area contributed by atoms with E-state index in [1.54, 1.807) is 0 Å². The highest BCUT2D eigenvalue weighted by atomic mass is 19.1. The van der Waals surface area contributed by atoms with Gasteiger partial charge in [0.15, 0.2) is 5.78 Å². The van der Waals surface area contributed by atoms with E-state index in [9.17, 15) is 9.18 Å². The summed E-state index contributed by atoms with van der Waals surface area (Å²) in [5.74, 6) is -0.0428. The Labute approximate surface area is 191 Å². The highest BCUT2D eigenvalue weighted by Crippen LogP contribution is 2.56. The van der Waals surface area contributed by atoms with Crippen LogP contribution in [-0.2, 0) is 23.1 Å². The van der Waals surface area contributed by atoms with Gasteiger partial charge in [-0.3, -0.25) is 14.9 Å². The van der Waals surface area contributed by atoms with Crippen LogP contribution in [0.2, 0.25) is 0 Å². The molecular formula is C28H24FN3O. The first kappa shape index (κ1) is 20.0. The Morgan fingerprint density at radius 3 is 2.73 bits per heavy atom. The van der Waals surface area contributed by atoms with Gasteiger partial charge in [-0.1, -0.05) is 23.8 Å². The molecule has 1 aromatic carbocycles. The zero-order valence-electron chi connectivity index (χ0n) is 18.3. The number of carbonyl (C=O) groups is 1. The van der Waals surface area contributed by atoms with Gasteiger partial charge in [-0.05, 0) is 78.3 Å². The number of H-pyrrole nitrogens is 1. The molecule has 4 aliphatic rings. The third-order valence-corrected chi connectivity index (χ3v) is 7.35. The Hall–Kier alpha value is -3.60. The van der Waals surface area contributed by atoms with Crippen LogP contribution in [0.4, 0.5) is 4.39 Å². The molecule has 1 N–H and O–H groups in total. The van der Waals surface area contributed by atoms with E-state index in [-0.39, 0.29) is 17.0 Å². The van der Waals surface area contributed by atoms with Crippen LogP contribution in [0, 0.1) is 5.82 Å². The van der Waals surface area contributed by atoms with Crippen molar-refractivity contribution >= 4 is 5.78 Å². The minimum absolute atomic E-state index is 0.208. The number of ketones is 1. The Balaban J connectivity index is 1.70. The number of aromatic nitrogens is 3. The van der Waals surface area contributed by atoms with Gasteiger partial charge >= 0.3 is 0 Å². The van der Waals surface area contributed by atoms with Crippen LogP contribution in [0.15, 0.2) is 72.7 Å². The lowest BCUT2D eigenvalue weighted by Gasteiger charge is -2.39. The predicted molar refractivity (Wildman–Crippen MR) is 125 cm³/mol. The predicted octanol–water partition coefficient (Wildman–Crippen LogP) is 5.82. The average Bonchev–Trinajstić information content (AvgIpc) is 3.08. The van der Waals surface area contributed by atoms with Gasteiger partial charge < -0.3 is 0 Å². The molecule has 0 amide bonds. The Bertz CT molecular complexity index is 1340. The summed E-state index contributed by atoms with van der Waals surface area (Å²) < 4.78 is 13.8. The van der Waals surface area contributed by atoms with Gasteiger partial charge in [0.2, 0.25) is 0 Å². The largest absolute Gasteiger partial charge is 0.295 e. The number of hydrogen-bond acceptors (Lipinski definition) is 3. The quantitative estimate of drug-likeness (QED) is 0.439. The van der Waals surface area contributed by atoms with Gasteiger partial charge in [0.25, 0.3) is 0 Å². The maximum Gasteiger partial charge on any atom is 0.155 e. The van der Waals surface area contributed by atoms with E-state index in [4.69, 9.17) is 0 Å². The van der Waals surface area contributed by atoms with Gasteiger partial charge in [-0.25, -0.2) is 4.39 Å². The number of fused-ring (bicyclic) bond motifs is 5. The van der Waals surface area contributed by atoms with Crippen LogP contribution in [-0.4, -0.2) is 21.0 Å². The molecule has 4 nitrogen and oxygen atoms in total. The molecule has 0 spiro atoms. The normalized spacial score (nSPS) is 20.2. The van der Waals surface area contributed by atoms with Gasteiger partial charge in [0, 0.05) is 47.5 Å². The molecule has 2 aromatic rings. The molecule has 3 aliphatic carbocycles. The standard InChI is InChI=1S/C28H24FN3O/c29-20-9-7-18(8-10-20)26-25-17-32-31-16-24(25)23-6-3-4-19-14-22(33)11-12-28(19,27(23)26)15-21-5-1-2-13-30-21/h1-2,5,7-10,13-14,16-17,31H,3-4,6,11-12,15H2. The van der Waals surface area contributed by atoms with E-state index in [1.165, 1.54) is 28.8 Å². The second kappa shape index (κ2) is 7.77. The number of rotatable bonds is 3. The second-order valence-corrected chi connectivity index (χ2v) is 9.16. The second-order valence-electron chi connectivity index (χ2n) is 9.16. The molecule has 0 bridgehead atoms. The maximum absolute atomic E-state index is 13.8. The number of halogens is 1. The fraction of sp³-hybridized carbons (Fsp3) is 0.250. The van der Waals surface area contributed by atoms with Crippen LogP contribution in [0.25, 0.3) is 22.3 Å². The van der Waals surface area contributed by atoms with Gasteiger partial charge in [0.1, 0.15) is 5.82 Å². The summed E-state index contributed by atoms with van der Waals surface area (Å²) >= 11 is 0. The van der Waals surface area contributed by atoms with Crippen molar-refractivity contribution < 1.29 is 9.18 Å². The SMILES string of the molecule is O=C1C=C2CCCc3c4c[nH]ncc-4c(-c4ccc(F)cc4)c3C2(Cc2ccccn2)CC1. The minimum Gasteiger partial charge on any atom is -0.295 e. The van der Waals surface area contributed by atoms with Crippen molar-refractivity contribution in [1.82, 2.24) is 15.2 Å². The fourth-order valence-electron chi connectivity index (χ4n) is 5.98. The highest BCUT2D eigenvalue weighted by molar-refractivity contribution is 5.96. The highest BCUT2D eigenvalue weighted by Gasteiger charge is 2.46. The zero-order chi connectivity index (χ0) is 22.4. The number of nitrogens with zero attached hydrogens (tertiary/aromatic N) is 2. The Morgan fingerprint density at radius 1 is 1.03 bits per heavy atom. The summed E-state index contributed by atoms with van der Waals surface area (Å²) in [6.45, 7) is 0. The number of aromatic amines is 1. The third kappa shape index (κ3) is 3.22. The molecule has 2 heterocycles. The van der Waals surface area contributed by atoms with E-state index < -0.39 is 0 Å². The summed E-state index contributed by atoms with van der Waals surface area (Å²) in [7, 11) is 0. The fourth-order valence-corrected chi connectivity index (χ4v) is 5.98. The van der Waals surface area contributed by atoms with Crippen molar-refractivity contribution in [3.05, 3.63) is 95.3 Å². The number of benzene rings is 1. The van der Waals surface area contributed by atoms with E-state index in [0.717, 1.165) is 60.1 Å². The molecule has 164 valence electrons. The molecule has 0 saturated heterocycles. The first-order valence-corrected chi connectivity index (χ1v) is 11.5. The lowest BCUT2D eigenvalue weighted by atomic mass is 9.63. The third-order valence-electron chi connectivity index (χ3n) is 7.35. The van der Waals surface area contributed by atoms with Crippen LogP contribution in [0.5, 0.6) is 0 Å². The molecule has 0 radical (unpaired) electrons. The molecule has 1 aliphatic heterocycles. The molecular weight excluding hydrogens is 413 g/mol. The van der Waals surface area contributed by atoms with Crippen molar-refractivity contribution in [2.45, 2.75) is 43.9 Å². The first-order chi connectivity index (χ1) is 16.2. The van der Waals surface area contributed by atoms with Crippen molar-refractivity contribution in [2.75, 3.05) is 0 Å². The van der Waals surface area contributed by atoms with Crippen molar-refractivity contribution in [3.8, 4) is 22.3 Å². The molecule has 0 fully saturated rings. The Kier molecular flexibility index (Phi) is 4.72. The first-order valence-electron chi connectivity index (χ1n) is 11.5. The van der Waals surface area contributed by atoms with Crippen molar-refractivity contribution in [2.24, 2.45) is 0 Å². The van der Waals surface area contributed by atoms with E-state index in [0.29, 0.717) is 6.42 Å². The minimum atomic E-state index is -0.323. The topological polar surface area (TPSA) is 58.6 Å². The van der Waals surface area contributed by atoms with E-state index >= 15 is 0 Å². The number of carbonyl (C=O) groups excluding carboxylic acids is 1. The lowest BCUT2D eigenvalue weighted by Crippen LogP contribution is -2.36. The molecule has 5 heteroatoms. The number of nitrogens with one attached hydrogen (secondary N) is 1. The summed E-state index contributed by atoms with van der Waals surface area (Å²) in [5, 5.41) is 7.36. The van der Waals surface area contributed by atoms with Crippen molar-refractivity contribution in [3.63, 3.8) is 0 Å². The summed E-state index contributed by atoms with van der Waals surface area (Å²) in [4.78, 5) is 17.2. The van der Waals surface area contributed by atoms with Gasteiger partial charge in [-0.15, -0.1) is 0 Å². The van der Waals surface area contributed by atoms with Gasteiger partial charge in [0.05, 0.1) is 6.20 Å². The van der Waals surface area contributed by atoms with Crippen LogP contribution < -0.4 is 0 Å². The average molecular weight is 438 g/mol. The Morgan fingerprint density at radius 2 is 1.91 bits per heavy atom. The summed E-state index contributed by atoms with van der Waals surface area (Å²) in [6, 6.07) is 12.8. The van der Waals surface area contributed by atoms with Crippen LogP contribution >= 0.6 is 0 Å². The van der Waals surface area contributed by atoms with Crippen molar-refractivity contribution in [1.29, 1.82) is 0 Å². The van der Waals surface area contributed by atoms with E-state index in [1.807, 2.05) is 48.9 Å². The molecule has 33 heavy (non-hydrogen) atoms. The van der Waals surface area contributed by atoms with Crippen LogP contribution in [0.1, 0.15) is 42.5 Å². The van der Waals surface area contributed by atoms with E-state index in [2.05, 4.69) is 21.2 Å². The van der Waals surface area contributed by atoms with Gasteiger partial charge in [-0.2, -0.15) is 5.10 Å². The molecule has 1 atom stereocenters. The number of pyridine rings is 1. The van der Waals surface area contributed by atoms with Crippen LogP contribution in [0.3, 0.4) is 0 Å². The summed E-state index contributed by atoms with van der Waals surface area (Å²) in [6.07, 6.45) is 12.4. The summed E-state index contributed by atoms with van der Waals surface area (Å²) in [5.41, 5.74) is 8.82. The zero-order valence-corrected chi connectivity index (χ0v) is 18.3. The monoisotopic (exact) mass is 437 g/mol.